The third kappa shape index (κ3) is 3.30. The first-order valence-electron chi connectivity index (χ1n) is 5.69. The Kier molecular flexibility index (Phi) is 4.13. The number of rotatable bonds is 5. The van der Waals surface area contributed by atoms with E-state index in [0.717, 1.165) is 0 Å². The lowest BCUT2D eigenvalue weighted by Gasteiger charge is -2.06. The molecule has 0 aliphatic heterocycles. The average Bonchev–Trinajstić information content (AvgIpc) is 2.75. The molecule has 0 aliphatic carbocycles. The summed E-state index contributed by atoms with van der Waals surface area (Å²) in [4.78, 5) is 14.7. The Hall–Kier alpha value is -1.93. The molecule has 4 N–H and O–H groups in total. The molecule has 0 amide bonds. The fraction of sp³-hybridized carbons (Fsp3) is 0.364. The highest BCUT2D eigenvalue weighted by atomic mass is 32.1. The van der Waals surface area contributed by atoms with Crippen molar-refractivity contribution in [1.29, 1.82) is 0 Å². The molecule has 102 valence electrons. The van der Waals surface area contributed by atoms with Gasteiger partial charge in [-0.2, -0.15) is 15.0 Å². The SMILES string of the molecule is COc1nc(NN)nc(NCc2cc(C)c(C)s2)n1. The van der Waals surface area contributed by atoms with E-state index in [1.807, 2.05) is 0 Å². The normalized spacial score (nSPS) is 10.3. The van der Waals surface area contributed by atoms with Crippen molar-refractivity contribution in [3.05, 3.63) is 21.4 Å². The number of hydrogen-bond acceptors (Lipinski definition) is 8. The molecule has 0 saturated heterocycles. The highest BCUT2D eigenvalue weighted by Crippen LogP contribution is 2.21. The van der Waals surface area contributed by atoms with Crippen molar-refractivity contribution in [3.63, 3.8) is 0 Å². The zero-order chi connectivity index (χ0) is 13.8. The van der Waals surface area contributed by atoms with Crippen LogP contribution in [0.5, 0.6) is 6.01 Å². The molecule has 8 heteroatoms. The van der Waals surface area contributed by atoms with Crippen molar-refractivity contribution < 1.29 is 4.74 Å². The van der Waals surface area contributed by atoms with Crippen molar-refractivity contribution in [1.82, 2.24) is 15.0 Å². The molecule has 0 radical (unpaired) electrons. The zero-order valence-corrected chi connectivity index (χ0v) is 11.8. The van der Waals surface area contributed by atoms with E-state index in [9.17, 15) is 0 Å². The Morgan fingerprint density at radius 3 is 2.58 bits per heavy atom. The Balaban J connectivity index is 2.10. The third-order valence-electron chi connectivity index (χ3n) is 2.56. The molecule has 0 atom stereocenters. The lowest BCUT2D eigenvalue weighted by atomic mass is 10.3. The van der Waals surface area contributed by atoms with Crippen molar-refractivity contribution in [3.8, 4) is 6.01 Å². The topological polar surface area (TPSA) is 98.0 Å². The average molecular weight is 280 g/mol. The number of methoxy groups -OCH3 is 1. The number of nitrogens with zero attached hydrogens (tertiary/aromatic N) is 3. The number of ether oxygens (including phenoxy) is 1. The van der Waals surface area contributed by atoms with Crippen LogP contribution in [0.25, 0.3) is 0 Å². The largest absolute Gasteiger partial charge is 0.467 e. The first-order valence-corrected chi connectivity index (χ1v) is 6.50. The van der Waals surface area contributed by atoms with Crippen LogP contribution in [0, 0.1) is 13.8 Å². The van der Waals surface area contributed by atoms with E-state index < -0.39 is 0 Å². The summed E-state index contributed by atoms with van der Waals surface area (Å²) in [5.74, 6) is 5.97. The van der Waals surface area contributed by atoms with E-state index in [-0.39, 0.29) is 12.0 Å². The van der Waals surface area contributed by atoms with E-state index in [4.69, 9.17) is 10.6 Å². The molecule has 0 bridgehead atoms. The minimum absolute atomic E-state index is 0.212. The van der Waals surface area contributed by atoms with Crippen molar-refractivity contribution in [2.24, 2.45) is 5.84 Å². The monoisotopic (exact) mass is 280 g/mol. The van der Waals surface area contributed by atoms with Crippen LogP contribution < -0.4 is 21.3 Å². The number of aryl methyl sites for hydroxylation is 2. The van der Waals surface area contributed by atoms with Gasteiger partial charge in [0.05, 0.1) is 13.7 Å². The van der Waals surface area contributed by atoms with E-state index >= 15 is 0 Å². The zero-order valence-electron chi connectivity index (χ0n) is 11.0. The highest BCUT2D eigenvalue weighted by molar-refractivity contribution is 7.12. The van der Waals surface area contributed by atoms with Crippen LogP contribution in [-0.2, 0) is 6.54 Å². The van der Waals surface area contributed by atoms with Gasteiger partial charge in [-0.1, -0.05) is 0 Å². The van der Waals surface area contributed by atoms with Crippen LogP contribution in [0.4, 0.5) is 11.9 Å². The number of hydrazine groups is 1. The van der Waals surface area contributed by atoms with Crippen molar-refractivity contribution >= 4 is 23.2 Å². The van der Waals surface area contributed by atoms with Gasteiger partial charge in [0.25, 0.3) is 0 Å². The molecule has 7 nitrogen and oxygen atoms in total. The second-order valence-corrected chi connectivity index (χ2v) is 5.26. The summed E-state index contributed by atoms with van der Waals surface area (Å²) >= 11 is 1.75. The Bertz CT molecular complexity index is 529. The Labute approximate surface area is 115 Å². The van der Waals surface area contributed by atoms with Crippen LogP contribution in [0.1, 0.15) is 15.3 Å². The van der Waals surface area contributed by atoms with Crippen LogP contribution in [0.2, 0.25) is 0 Å². The van der Waals surface area contributed by atoms with E-state index in [1.54, 1.807) is 11.3 Å². The number of nitrogens with two attached hydrogens (primary N) is 1. The summed E-state index contributed by atoms with van der Waals surface area (Å²) in [5, 5.41) is 3.12. The molecule has 0 spiro atoms. The smallest absolute Gasteiger partial charge is 0.322 e. The summed E-state index contributed by atoms with van der Waals surface area (Å²) in [5.41, 5.74) is 3.66. The predicted octanol–water partition coefficient (Wildman–Crippen LogP) is 1.46. The predicted molar refractivity (Wildman–Crippen MR) is 75.3 cm³/mol. The summed E-state index contributed by atoms with van der Waals surface area (Å²) in [6, 6.07) is 2.36. The molecular formula is C11H16N6OS. The fourth-order valence-electron chi connectivity index (χ4n) is 1.49. The van der Waals surface area contributed by atoms with Gasteiger partial charge in [0.1, 0.15) is 0 Å². The molecule has 0 fully saturated rings. The number of thiophene rings is 1. The van der Waals surface area contributed by atoms with Crippen LogP contribution in [0.3, 0.4) is 0 Å². The highest BCUT2D eigenvalue weighted by Gasteiger charge is 2.07. The summed E-state index contributed by atoms with van der Waals surface area (Å²) in [6.45, 7) is 4.85. The molecule has 2 aromatic heterocycles. The molecule has 0 saturated carbocycles. The lowest BCUT2D eigenvalue weighted by Crippen LogP contribution is -2.13. The van der Waals surface area contributed by atoms with Crippen molar-refractivity contribution in [2.75, 3.05) is 17.9 Å². The minimum atomic E-state index is 0.212. The van der Waals surface area contributed by atoms with Gasteiger partial charge in [0.2, 0.25) is 11.9 Å². The van der Waals surface area contributed by atoms with Gasteiger partial charge in [-0.15, -0.1) is 11.3 Å². The third-order valence-corrected chi connectivity index (χ3v) is 3.72. The first kappa shape index (κ1) is 13.5. The van der Waals surface area contributed by atoms with E-state index in [1.165, 1.54) is 22.4 Å². The Morgan fingerprint density at radius 2 is 2.00 bits per heavy atom. The number of aromatic nitrogens is 3. The van der Waals surface area contributed by atoms with Gasteiger partial charge in [0.15, 0.2) is 0 Å². The second-order valence-electron chi connectivity index (χ2n) is 3.92. The van der Waals surface area contributed by atoms with Crippen LogP contribution in [0.15, 0.2) is 6.07 Å². The molecule has 2 rings (SSSR count). The van der Waals surface area contributed by atoms with Gasteiger partial charge in [-0.05, 0) is 25.5 Å². The molecular weight excluding hydrogens is 264 g/mol. The molecule has 2 heterocycles. The van der Waals surface area contributed by atoms with Gasteiger partial charge < -0.3 is 10.1 Å². The van der Waals surface area contributed by atoms with Gasteiger partial charge in [0, 0.05) is 9.75 Å². The van der Waals surface area contributed by atoms with Gasteiger partial charge in [-0.25, -0.2) is 5.84 Å². The maximum absolute atomic E-state index is 5.29. The number of hydrogen-bond donors (Lipinski definition) is 3. The molecule has 0 aliphatic rings. The molecule has 0 unspecified atom stereocenters. The summed E-state index contributed by atoms with van der Waals surface area (Å²) in [7, 11) is 1.49. The number of nitrogens with one attached hydrogen (secondary N) is 2. The summed E-state index contributed by atoms with van der Waals surface area (Å²) < 4.78 is 4.98. The maximum Gasteiger partial charge on any atom is 0.322 e. The fourth-order valence-corrected chi connectivity index (χ4v) is 2.49. The second kappa shape index (κ2) is 5.81. The quantitative estimate of drug-likeness (QED) is 0.563. The molecule has 0 aromatic carbocycles. The lowest BCUT2D eigenvalue weighted by molar-refractivity contribution is 0.379. The number of nitrogen functional groups attached to an aromatic ring is 1. The van der Waals surface area contributed by atoms with Crippen molar-refractivity contribution in [2.45, 2.75) is 20.4 Å². The minimum Gasteiger partial charge on any atom is -0.467 e. The van der Waals surface area contributed by atoms with E-state index in [2.05, 4.69) is 45.6 Å². The molecule has 2 aromatic rings. The van der Waals surface area contributed by atoms with Gasteiger partial charge in [-0.3, -0.25) is 5.43 Å². The first-order chi connectivity index (χ1) is 9.12. The van der Waals surface area contributed by atoms with Gasteiger partial charge >= 0.3 is 6.01 Å². The van der Waals surface area contributed by atoms with E-state index in [0.29, 0.717) is 12.5 Å². The Morgan fingerprint density at radius 1 is 1.26 bits per heavy atom. The van der Waals surface area contributed by atoms with Crippen LogP contribution in [-0.4, -0.2) is 22.1 Å². The maximum atomic E-state index is 5.29. The standard InChI is InChI=1S/C11H16N6OS/c1-6-4-8(19-7(6)2)5-13-9-14-10(17-12)16-11(15-9)18-3/h4H,5,12H2,1-3H3,(H2,13,14,15,16,17). The number of anilines is 2. The molecule has 19 heavy (non-hydrogen) atoms. The van der Waals surface area contributed by atoms with Crippen LogP contribution >= 0.6 is 11.3 Å². The summed E-state index contributed by atoms with van der Waals surface area (Å²) in [6.07, 6.45) is 0.